The van der Waals surface area contributed by atoms with Crippen LogP contribution in [0.3, 0.4) is 0 Å². The molecule has 3 amide bonds. The number of nitrogens with zero attached hydrogens (tertiary/aromatic N) is 3. The summed E-state index contributed by atoms with van der Waals surface area (Å²) in [6.07, 6.45) is 3.38. The SMILES string of the molecule is COc1ccc(CN(Cc2ccncc2)C(=O)N[C@H](C)C(=O)N(C)C)cc1. The minimum absolute atomic E-state index is 0.156. The Labute approximate surface area is 159 Å². The van der Waals surface area contributed by atoms with Crippen molar-refractivity contribution in [2.75, 3.05) is 21.2 Å². The number of ether oxygens (including phenoxy) is 1. The van der Waals surface area contributed by atoms with E-state index in [2.05, 4.69) is 10.3 Å². The number of pyridine rings is 1. The van der Waals surface area contributed by atoms with Gasteiger partial charge in [0.25, 0.3) is 0 Å². The Morgan fingerprint density at radius 3 is 2.11 bits per heavy atom. The summed E-state index contributed by atoms with van der Waals surface area (Å²) in [5.74, 6) is 0.603. The fraction of sp³-hybridized carbons (Fsp3) is 0.350. The number of methoxy groups -OCH3 is 1. The summed E-state index contributed by atoms with van der Waals surface area (Å²) in [4.78, 5) is 32.0. The van der Waals surface area contributed by atoms with Gasteiger partial charge in [0, 0.05) is 39.6 Å². The molecule has 144 valence electrons. The number of carbonyl (C=O) groups excluding carboxylic acids is 2. The maximum Gasteiger partial charge on any atom is 0.318 e. The fourth-order valence-electron chi connectivity index (χ4n) is 2.58. The first-order valence-corrected chi connectivity index (χ1v) is 8.69. The van der Waals surface area contributed by atoms with Crippen LogP contribution in [0.5, 0.6) is 5.75 Å². The second-order valence-corrected chi connectivity index (χ2v) is 6.46. The van der Waals surface area contributed by atoms with Crippen LogP contribution in [0.1, 0.15) is 18.1 Å². The van der Waals surface area contributed by atoms with Gasteiger partial charge < -0.3 is 19.9 Å². The molecule has 2 aromatic rings. The standard InChI is InChI=1S/C20H26N4O3/c1-15(19(25)23(2)3)22-20(26)24(14-17-9-11-21-12-10-17)13-16-5-7-18(27-4)8-6-16/h5-12,15H,13-14H2,1-4H3,(H,22,26)/t15-/m1/s1. The molecule has 0 aliphatic carbocycles. The zero-order chi connectivity index (χ0) is 19.8. The second-order valence-electron chi connectivity index (χ2n) is 6.46. The van der Waals surface area contributed by atoms with Crippen LogP contribution >= 0.6 is 0 Å². The Balaban J connectivity index is 2.15. The lowest BCUT2D eigenvalue weighted by atomic mass is 10.2. The number of carbonyl (C=O) groups is 2. The van der Waals surface area contributed by atoms with E-state index in [-0.39, 0.29) is 11.9 Å². The van der Waals surface area contributed by atoms with E-state index in [4.69, 9.17) is 4.74 Å². The van der Waals surface area contributed by atoms with Gasteiger partial charge in [0.05, 0.1) is 7.11 Å². The van der Waals surface area contributed by atoms with Crippen LogP contribution in [0.2, 0.25) is 0 Å². The third-order valence-corrected chi connectivity index (χ3v) is 4.09. The Morgan fingerprint density at radius 2 is 1.59 bits per heavy atom. The fourth-order valence-corrected chi connectivity index (χ4v) is 2.58. The Morgan fingerprint density at radius 1 is 1.04 bits per heavy atom. The topological polar surface area (TPSA) is 74.8 Å². The van der Waals surface area contributed by atoms with E-state index in [1.165, 1.54) is 4.90 Å². The number of nitrogens with one attached hydrogen (secondary N) is 1. The molecule has 0 unspecified atom stereocenters. The lowest BCUT2D eigenvalue weighted by molar-refractivity contribution is -0.130. The number of benzene rings is 1. The zero-order valence-electron chi connectivity index (χ0n) is 16.2. The van der Waals surface area contributed by atoms with Crippen molar-refractivity contribution in [1.82, 2.24) is 20.1 Å². The molecule has 2 rings (SSSR count). The number of hydrogen-bond donors (Lipinski definition) is 1. The van der Waals surface area contributed by atoms with E-state index in [1.807, 2.05) is 36.4 Å². The number of rotatable bonds is 7. The van der Waals surface area contributed by atoms with Gasteiger partial charge in [-0.1, -0.05) is 12.1 Å². The highest BCUT2D eigenvalue weighted by Gasteiger charge is 2.21. The zero-order valence-corrected chi connectivity index (χ0v) is 16.2. The van der Waals surface area contributed by atoms with Crippen molar-refractivity contribution in [2.45, 2.75) is 26.1 Å². The number of aromatic nitrogens is 1. The number of urea groups is 1. The Kier molecular flexibility index (Phi) is 7.16. The van der Waals surface area contributed by atoms with Crippen molar-refractivity contribution in [3.63, 3.8) is 0 Å². The van der Waals surface area contributed by atoms with Gasteiger partial charge >= 0.3 is 6.03 Å². The van der Waals surface area contributed by atoms with Gasteiger partial charge in [-0.15, -0.1) is 0 Å². The first-order chi connectivity index (χ1) is 12.9. The van der Waals surface area contributed by atoms with Gasteiger partial charge in [-0.05, 0) is 42.3 Å². The molecule has 0 spiro atoms. The molecular weight excluding hydrogens is 344 g/mol. The van der Waals surface area contributed by atoms with Crippen molar-refractivity contribution >= 4 is 11.9 Å². The third-order valence-electron chi connectivity index (χ3n) is 4.09. The molecule has 27 heavy (non-hydrogen) atoms. The molecule has 0 fully saturated rings. The quantitative estimate of drug-likeness (QED) is 0.811. The highest BCUT2D eigenvalue weighted by atomic mass is 16.5. The predicted octanol–water partition coefficient (Wildman–Crippen LogP) is 2.28. The van der Waals surface area contributed by atoms with E-state index in [0.717, 1.165) is 16.9 Å². The minimum Gasteiger partial charge on any atom is -0.497 e. The summed E-state index contributed by atoms with van der Waals surface area (Å²) in [7, 11) is 4.94. The summed E-state index contributed by atoms with van der Waals surface area (Å²) in [6.45, 7) is 2.49. The first kappa shape index (κ1) is 20.2. The van der Waals surface area contributed by atoms with Crippen LogP contribution in [0.4, 0.5) is 4.79 Å². The van der Waals surface area contributed by atoms with Gasteiger partial charge in [-0.3, -0.25) is 9.78 Å². The van der Waals surface area contributed by atoms with Gasteiger partial charge in [-0.2, -0.15) is 0 Å². The number of likely N-dealkylation sites (N-methyl/N-ethyl adjacent to an activating group) is 1. The molecular formula is C20H26N4O3. The molecule has 0 radical (unpaired) electrons. The van der Waals surface area contributed by atoms with Gasteiger partial charge in [-0.25, -0.2) is 4.79 Å². The van der Waals surface area contributed by atoms with Crippen molar-refractivity contribution in [1.29, 1.82) is 0 Å². The van der Waals surface area contributed by atoms with Crippen LogP contribution in [0, 0.1) is 0 Å². The van der Waals surface area contributed by atoms with E-state index in [0.29, 0.717) is 13.1 Å². The van der Waals surface area contributed by atoms with E-state index in [9.17, 15) is 9.59 Å². The van der Waals surface area contributed by atoms with Gasteiger partial charge in [0.1, 0.15) is 11.8 Å². The normalized spacial score (nSPS) is 11.4. The Bertz CT molecular complexity index is 748. The van der Waals surface area contributed by atoms with E-state index < -0.39 is 6.04 Å². The number of hydrogen-bond acceptors (Lipinski definition) is 4. The van der Waals surface area contributed by atoms with Crippen molar-refractivity contribution < 1.29 is 14.3 Å². The van der Waals surface area contributed by atoms with Crippen LogP contribution in [-0.4, -0.2) is 54.0 Å². The van der Waals surface area contributed by atoms with Crippen LogP contribution in [0.25, 0.3) is 0 Å². The van der Waals surface area contributed by atoms with Gasteiger partial charge in [0.2, 0.25) is 5.91 Å². The monoisotopic (exact) mass is 370 g/mol. The lowest BCUT2D eigenvalue weighted by Crippen LogP contribution is -2.49. The summed E-state index contributed by atoms with van der Waals surface area (Å²) in [5, 5.41) is 2.78. The lowest BCUT2D eigenvalue weighted by Gasteiger charge is -2.26. The van der Waals surface area contributed by atoms with Crippen molar-refractivity contribution in [3.8, 4) is 5.75 Å². The number of amides is 3. The summed E-state index contributed by atoms with van der Waals surface area (Å²) in [6, 6.07) is 10.4. The van der Waals surface area contributed by atoms with Crippen molar-refractivity contribution in [3.05, 3.63) is 59.9 Å². The smallest absolute Gasteiger partial charge is 0.318 e. The molecule has 7 heteroatoms. The summed E-state index contributed by atoms with van der Waals surface area (Å²) in [5.41, 5.74) is 1.92. The maximum atomic E-state index is 12.8. The molecule has 0 aliphatic rings. The summed E-state index contributed by atoms with van der Waals surface area (Å²) < 4.78 is 5.18. The molecule has 1 heterocycles. The second kappa shape index (κ2) is 9.56. The minimum atomic E-state index is -0.608. The van der Waals surface area contributed by atoms with Crippen molar-refractivity contribution in [2.24, 2.45) is 0 Å². The molecule has 1 aromatic carbocycles. The first-order valence-electron chi connectivity index (χ1n) is 8.69. The van der Waals surface area contributed by atoms with E-state index in [1.54, 1.807) is 45.4 Å². The Hall–Kier alpha value is -3.09. The molecule has 1 atom stereocenters. The average Bonchev–Trinajstić information content (AvgIpc) is 2.68. The molecule has 0 aliphatic heterocycles. The van der Waals surface area contributed by atoms with Crippen LogP contribution in [0.15, 0.2) is 48.8 Å². The van der Waals surface area contributed by atoms with Gasteiger partial charge in [0.15, 0.2) is 0 Å². The average molecular weight is 370 g/mol. The molecule has 0 bridgehead atoms. The largest absolute Gasteiger partial charge is 0.497 e. The van der Waals surface area contributed by atoms with Crippen LogP contribution < -0.4 is 10.1 Å². The molecule has 7 nitrogen and oxygen atoms in total. The summed E-state index contributed by atoms with van der Waals surface area (Å²) >= 11 is 0. The van der Waals surface area contributed by atoms with Crippen LogP contribution in [-0.2, 0) is 17.9 Å². The predicted molar refractivity (Wildman–Crippen MR) is 103 cm³/mol. The third kappa shape index (κ3) is 5.99. The molecule has 1 aromatic heterocycles. The van der Waals surface area contributed by atoms with E-state index >= 15 is 0 Å². The highest BCUT2D eigenvalue weighted by Crippen LogP contribution is 2.15. The molecule has 1 N–H and O–H groups in total. The maximum absolute atomic E-state index is 12.8. The highest BCUT2D eigenvalue weighted by molar-refractivity contribution is 5.86. The molecule has 0 saturated heterocycles. The molecule has 0 saturated carbocycles.